The average Bonchev–Trinajstić information content (AvgIpc) is 2.39. The van der Waals surface area contributed by atoms with Gasteiger partial charge in [-0.2, -0.15) is 0 Å². The Morgan fingerprint density at radius 3 is 2.30 bits per heavy atom. The monoisotopic (exact) mass is 309 g/mol. The summed E-state index contributed by atoms with van der Waals surface area (Å²) >= 11 is 11.6. The number of phenolic OH excluding ortho intramolecular Hbond substituents is 1. The zero-order chi connectivity index (χ0) is 14.7. The van der Waals surface area contributed by atoms with Crippen molar-refractivity contribution in [2.24, 2.45) is 0 Å². The summed E-state index contributed by atoms with van der Waals surface area (Å²) in [5, 5.41) is 12.9. The molecule has 0 spiro atoms. The van der Waals surface area contributed by atoms with Crippen LogP contribution in [-0.4, -0.2) is 17.3 Å². The largest absolute Gasteiger partial charge is 0.506 e. The Bertz CT molecular complexity index is 666. The number of aromatic hydroxyl groups is 1. The maximum absolute atomic E-state index is 12.0. The highest BCUT2D eigenvalue weighted by Gasteiger charge is 2.11. The van der Waals surface area contributed by atoms with Gasteiger partial charge in [0.1, 0.15) is 12.0 Å². The van der Waals surface area contributed by atoms with Crippen LogP contribution in [0.25, 0.3) is 0 Å². The van der Waals surface area contributed by atoms with Gasteiger partial charge in [-0.15, -0.1) is 0 Å². The molecule has 102 valence electrons. The molecule has 0 aromatic heterocycles. The fourth-order valence-corrected chi connectivity index (χ4v) is 2.13. The summed E-state index contributed by atoms with van der Waals surface area (Å²) in [5.74, 6) is -0.667. The zero-order valence-electron chi connectivity index (χ0n) is 10.1. The number of benzene rings is 2. The van der Waals surface area contributed by atoms with Crippen molar-refractivity contribution in [3.05, 3.63) is 57.6 Å². The fourth-order valence-electron chi connectivity index (χ4n) is 1.61. The van der Waals surface area contributed by atoms with E-state index in [1.807, 2.05) is 0 Å². The fraction of sp³-hybridized carbons (Fsp3) is 0. The summed E-state index contributed by atoms with van der Waals surface area (Å²) in [6.45, 7) is 0. The van der Waals surface area contributed by atoms with Crippen LogP contribution in [-0.2, 0) is 0 Å². The first kappa shape index (κ1) is 14.4. The first-order valence-electron chi connectivity index (χ1n) is 5.55. The van der Waals surface area contributed by atoms with E-state index in [1.54, 1.807) is 0 Å². The Morgan fingerprint density at radius 2 is 1.75 bits per heavy atom. The topological polar surface area (TPSA) is 66.4 Å². The summed E-state index contributed by atoms with van der Waals surface area (Å²) in [6, 6.07) is 8.60. The number of aldehydes is 1. The van der Waals surface area contributed by atoms with Crippen LogP contribution in [0.15, 0.2) is 36.4 Å². The molecular weight excluding hydrogens is 301 g/mol. The van der Waals surface area contributed by atoms with Crippen molar-refractivity contribution in [2.75, 3.05) is 5.32 Å². The molecule has 0 saturated heterocycles. The van der Waals surface area contributed by atoms with Crippen LogP contribution < -0.4 is 5.32 Å². The third kappa shape index (κ3) is 3.29. The van der Waals surface area contributed by atoms with Crippen LogP contribution in [0.2, 0.25) is 10.0 Å². The summed E-state index contributed by atoms with van der Waals surface area (Å²) < 4.78 is 0. The molecule has 0 heterocycles. The Kier molecular flexibility index (Phi) is 4.27. The molecule has 2 aromatic rings. The van der Waals surface area contributed by atoms with E-state index in [0.717, 1.165) is 0 Å². The van der Waals surface area contributed by atoms with Gasteiger partial charge in [-0.05, 0) is 36.4 Å². The van der Waals surface area contributed by atoms with Crippen molar-refractivity contribution in [1.29, 1.82) is 0 Å². The van der Waals surface area contributed by atoms with E-state index in [2.05, 4.69) is 5.32 Å². The second kappa shape index (κ2) is 5.94. The molecule has 4 nitrogen and oxygen atoms in total. The average molecular weight is 310 g/mol. The van der Waals surface area contributed by atoms with Crippen molar-refractivity contribution in [2.45, 2.75) is 0 Å². The van der Waals surface area contributed by atoms with Gasteiger partial charge in [-0.25, -0.2) is 0 Å². The number of carbonyl (C=O) groups is 2. The minimum atomic E-state index is -0.469. The van der Waals surface area contributed by atoms with E-state index < -0.39 is 5.91 Å². The lowest BCUT2D eigenvalue weighted by Gasteiger charge is -2.08. The quantitative estimate of drug-likeness (QED) is 0.670. The molecule has 1 amide bonds. The molecule has 2 rings (SSSR count). The highest BCUT2D eigenvalue weighted by atomic mass is 35.5. The molecule has 0 aliphatic heterocycles. The number of carbonyl (C=O) groups excluding carboxylic acids is 2. The first-order chi connectivity index (χ1) is 9.49. The third-order valence-electron chi connectivity index (χ3n) is 2.53. The molecular formula is C14H9Cl2NO3. The van der Waals surface area contributed by atoms with Crippen LogP contribution in [0.5, 0.6) is 5.75 Å². The Balaban J connectivity index is 2.25. The molecule has 2 N–H and O–H groups in total. The SMILES string of the molecule is O=Cc1ccc(NC(=O)c2cc(Cl)cc(Cl)c2)c(O)c1. The first-order valence-corrected chi connectivity index (χ1v) is 6.31. The highest BCUT2D eigenvalue weighted by molar-refractivity contribution is 6.35. The minimum absolute atomic E-state index is 0.191. The molecule has 0 unspecified atom stereocenters. The standard InChI is InChI=1S/C14H9Cl2NO3/c15-10-4-9(5-11(16)6-10)14(20)17-12-2-1-8(7-18)3-13(12)19/h1-7,19H,(H,17,20). The van der Waals surface area contributed by atoms with E-state index in [1.165, 1.54) is 36.4 Å². The van der Waals surface area contributed by atoms with Crippen molar-refractivity contribution in [3.8, 4) is 5.75 Å². The molecule has 0 atom stereocenters. The molecule has 2 aromatic carbocycles. The number of amides is 1. The molecule has 0 aliphatic carbocycles. The number of nitrogens with one attached hydrogen (secondary N) is 1. The summed E-state index contributed by atoms with van der Waals surface area (Å²) in [5.41, 5.74) is 0.768. The second-order valence-corrected chi connectivity index (χ2v) is 4.88. The van der Waals surface area contributed by atoms with Gasteiger partial charge in [-0.3, -0.25) is 9.59 Å². The van der Waals surface area contributed by atoms with Crippen molar-refractivity contribution >= 4 is 41.1 Å². The van der Waals surface area contributed by atoms with Gasteiger partial charge < -0.3 is 10.4 Å². The van der Waals surface area contributed by atoms with Crippen LogP contribution in [0.4, 0.5) is 5.69 Å². The molecule has 0 fully saturated rings. The van der Waals surface area contributed by atoms with Gasteiger partial charge >= 0.3 is 0 Å². The predicted octanol–water partition coefficient (Wildman–Crippen LogP) is 3.76. The van der Waals surface area contributed by atoms with Crippen LogP contribution in [0.1, 0.15) is 20.7 Å². The normalized spacial score (nSPS) is 10.1. The maximum atomic E-state index is 12.0. The van der Waals surface area contributed by atoms with E-state index >= 15 is 0 Å². The van der Waals surface area contributed by atoms with E-state index in [9.17, 15) is 14.7 Å². The molecule has 0 aliphatic rings. The number of hydrogen-bond acceptors (Lipinski definition) is 3. The molecule has 0 bridgehead atoms. The van der Waals surface area contributed by atoms with Crippen molar-refractivity contribution in [1.82, 2.24) is 0 Å². The zero-order valence-corrected chi connectivity index (χ0v) is 11.6. The highest BCUT2D eigenvalue weighted by Crippen LogP contribution is 2.25. The number of hydrogen-bond donors (Lipinski definition) is 2. The van der Waals surface area contributed by atoms with E-state index in [0.29, 0.717) is 21.9 Å². The van der Waals surface area contributed by atoms with E-state index in [-0.39, 0.29) is 17.0 Å². The van der Waals surface area contributed by atoms with Crippen LogP contribution >= 0.6 is 23.2 Å². The van der Waals surface area contributed by atoms with Gasteiger partial charge in [0, 0.05) is 21.2 Å². The number of anilines is 1. The number of rotatable bonds is 3. The van der Waals surface area contributed by atoms with Gasteiger partial charge in [0.15, 0.2) is 0 Å². The lowest BCUT2D eigenvalue weighted by Crippen LogP contribution is -2.12. The van der Waals surface area contributed by atoms with Gasteiger partial charge in [0.05, 0.1) is 5.69 Å². The Labute approximate surface area is 124 Å². The minimum Gasteiger partial charge on any atom is -0.506 e. The molecule has 6 heteroatoms. The van der Waals surface area contributed by atoms with E-state index in [4.69, 9.17) is 23.2 Å². The lowest BCUT2D eigenvalue weighted by molar-refractivity contribution is 0.102. The van der Waals surface area contributed by atoms with Crippen LogP contribution in [0, 0.1) is 0 Å². The van der Waals surface area contributed by atoms with Gasteiger partial charge in [0.25, 0.3) is 5.91 Å². The maximum Gasteiger partial charge on any atom is 0.255 e. The molecule has 0 radical (unpaired) electrons. The summed E-state index contributed by atoms with van der Waals surface area (Å²) in [6.07, 6.45) is 0.599. The molecule has 20 heavy (non-hydrogen) atoms. The second-order valence-electron chi connectivity index (χ2n) is 4.01. The van der Waals surface area contributed by atoms with Gasteiger partial charge in [0.2, 0.25) is 0 Å². The Morgan fingerprint density at radius 1 is 1.10 bits per heavy atom. The number of halogens is 2. The van der Waals surface area contributed by atoms with Crippen LogP contribution in [0.3, 0.4) is 0 Å². The molecule has 0 saturated carbocycles. The summed E-state index contributed by atoms with van der Waals surface area (Å²) in [4.78, 5) is 22.6. The third-order valence-corrected chi connectivity index (χ3v) is 2.97. The van der Waals surface area contributed by atoms with Crippen molar-refractivity contribution < 1.29 is 14.7 Å². The number of phenols is 1. The lowest BCUT2D eigenvalue weighted by atomic mass is 10.1. The van der Waals surface area contributed by atoms with Gasteiger partial charge in [-0.1, -0.05) is 23.2 Å². The predicted molar refractivity (Wildman–Crippen MR) is 77.9 cm³/mol. The Hall–Kier alpha value is -2.04. The smallest absolute Gasteiger partial charge is 0.255 e. The summed E-state index contributed by atoms with van der Waals surface area (Å²) in [7, 11) is 0. The van der Waals surface area contributed by atoms with Crippen molar-refractivity contribution in [3.63, 3.8) is 0 Å².